The van der Waals surface area contributed by atoms with Gasteiger partial charge in [0.1, 0.15) is 12.2 Å². The molecule has 0 aliphatic rings. The van der Waals surface area contributed by atoms with Gasteiger partial charge in [0.05, 0.1) is 0 Å². The number of carbonyl (C=O) groups excluding carboxylic acids is 1. The number of nitrogens with one attached hydrogen (secondary N) is 1. The Hall–Kier alpha value is -1.82. The first kappa shape index (κ1) is 12.3. The number of hydrogen-bond acceptors (Lipinski definition) is 3. The lowest BCUT2D eigenvalue weighted by Crippen LogP contribution is -2.28. The lowest BCUT2D eigenvalue weighted by molar-refractivity contribution is -0.137. The van der Waals surface area contributed by atoms with Crippen LogP contribution in [-0.4, -0.2) is 34.6 Å². The Bertz CT molecular complexity index is 373. The highest BCUT2D eigenvalue weighted by molar-refractivity contribution is 5.93. The molecule has 0 radical (unpaired) electrons. The highest BCUT2D eigenvalue weighted by Crippen LogP contribution is 2.02. The molecule has 88 valence electrons. The fourth-order valence-electron chi connectivity index (χ4n) is 1.30. The van der Waals surface area contributed by atoms with Gasteiger partial charge in [0, 0.05) is 12.7 Å². The molecule has 0 saturated heterocycles. The SMILES string of the molecule is NCCCNC(=O)c1cccn1CC(=O)O. The van der Waals surface area contributed by atoms with Crippen LogP contribution in [0.3, 0.4) is 0 Å². The van der Waals surface area contributed by atoms with Crippen molar-refractivity contribution in [1.29, 1.82) is 0 Å². The number of hydrogen-bond donors (Lipinski definition) is 3. The van der Waals surface area contributed by atoms with Crippen LogP contribution in [0.5, 0.6) is 0 Å². The van der Waals surface area contributed by atoms with E-state index in [2.05, 4.69) is 5.32 Å². The number of amides is 1. The smallest absolute Gasteiger partial charge is 0.323 e. The summed E-state index contributed by atoms with van der Waals surface area (Å²) >= 11 is 0. The van der Waals surface area contributed by atoms with E-state index in [0.29, 0.717) is 25.2 Å². The van der Waals surface area contributed by atoms with E-state index in [9.17, 15) is 9.59 Å². The third kappa shape index (κ3) is 3.39. The largest absolute Gasteiger partial charge is 0.480 e. The van der Waals surface area contributed by atoms with Crippen molar-refractivity contribution in [2.24, 2.45) is 5.73 Å². The summed E-state index contributed by atoms with van der Waals surface area (Å²) in [5.41, 5.74) is 5.64. The average Bonchev–Trinajstić information content (AvgIpc) is 2.65. The summed E-state index contributed by atoms with van der Waals surface area (Å²) in [6, 6.07) is 3.22. The fraction of sp³-hybridized carbons (Fsp3) is 0.400. The number of carboxylic acid groups (broad SMARTS) is 1. The minimum atomic E-state index is -0.979. The number of nitrogens with two attached hydrogens (primary N) is 1. The zero-order valence-corrected chi connectivity index (χ0v) is 8.85. The lowest BCUT2D eigenvalue weighted by atomic mass is 10.3. The van der Waals surface area contributed by atoms with Crippen molar-refractivity contribution < 1.29 is 14.7 Å². The average molecular weight is 225 g/mol. The van der Waals surface area contributed by atoms with Crippen LogP contribution in [0.2, 0.25) is 0 Å². The first-order chi connectivity index (χ1) is 7.65. The Morgan fingerprint density at radius 1 is 1.50 bits per heavy atom. The molecule has 1 rings (SSSR count). The number of aliphatic carboxylic acids is 1. The standard InChI is InChI=1S/C10H15N3O3/c11-4-2-5-12-10(16)8-3-1-6-13(8)7-9(14)15/h1,3,6H,2,4-5,7,11H2,(H,12,16)(H,14,15). The van der Waals surface area contributed by atoms with Crippen molar-refractivity contribution in [3.63, 3.8) is 0 Å². The predicted molar refractivity (Wildman–Crippen MR) is 58.1 cm³/mol. The molecule has 0 bridgehead atoms. The van der Waals surface area contributed by atoms with Crippen LogP contribution in [0.4, 0.5) is 0 Å². The topological polar surface area (TPSA) is 97.4 Å². The van der Waals surface area contributed by atoms with Crippen LogP contribution in [-0.2, 0) is 11.3 Å². The maximum atomic E-state index is 11.6. The van der Waals surface area contributed by atoms with Gasteiger partial charge in [-0.25, -0.2) is 0 Å². The van der Waals surface area contributed by atoms with Gasteiger partial charge in [-0.1, -0.05) is 0 Å². The summed E-state index contributed by atoms with van der Waals surface area (Å²) < 4.78 is 1.39. The lowest BCUT2D eigenvalue weighted by Gasteiger charge is -2.07. The van der Waals surface area contributed by atoms with Gasteiger partial charge in [0.2, 0.25) is 0 Å². The van der Waals surface area contributed by atoms with E-state index in [1.54, 1.807) is 18.3 Å². The third-order valence-corrected chi connectivity index (χ3v) is 2.03. The van der Waals surface area contributed by atoms with Gasteiger partial charge in [-0.2, -0.15) is 0 Å². The van der Waals surface area contributed by atoms with Crippen LogP contribution < -0.4 is 11.1 Å². The second-order valence-corrected chi connectivity index (χ2v) is 3.31. The van der Waals surface area contributed by atoms with Gasteiger partial charge in [-0.15, -0.1) is 0 Å². The molecular formula is C10H15N3O3. The molecule has 1 amide bonds. The van der Waals surface area contributed by atoms with E-state index in [0.717, 1.165) is 0 Å². The summed E-state index contributed by atoms with van der Waals surface area (Å²) in [6.45, 7) is 0.788. The highest BCUT2D eigenvalue weighted by atomic mass is 16.4. The van der Waals surface area contributed by atoms with Crippen molar-refractivity contribution in [1.82, 2.24) is 9.88 Å². The summed E-state index contributed by atoms with van der Waals surface area (Å²) in [5, 5.41) is 11.3. The fourth-order valence-corrected chi connectivity index (χ4v) is 1.30. The summed E-state index contributed by atoms with van der Waals surface area (Å²) in [6.07, 6.45) is 2.26. The molecule has 16 heavy (non-hydrogen) atoms. The van der Waals surface area contributed by atoms with Gasteiger partial charge in [-0.05, 0) is 25.1 Å². The molecule has 6 nitrogen and oxygen atoms in total. The minimum absolute atomic E-state index is 0.216. The molecule has 1 heterocycles. The molecular weight excluding hydrogens is 210 g/mol. The number of carbonyl (C=O) groups is 2. The molecule has 4 N–H and O–H groups in total. The van der Waals surface area contributed by atoms with Crippen molar-refractivity contribution in [3.05, 3.63) is 24.0 Å². The van der Waals surface area contributed by atoms with Crippen LogP contribution in [0.15, 0.2) is 18.3 Å². The van der Waals surface area contributed by atoms with Gasteiger partial charge in [0.25, 0.3) is 5.91 Å². The van der Waals surface area contributed by atoms with Crippen molar-refractivity contribution >= 4 is 11.9 Å². The van der Waals surface area contributed by atoms with Crippen LogP contribution in [0.25, 0.3) is 0 Å². The quantitative estimate of drug-likeness (QED) is 0.576. The normalized spacial score (nSPS) is 10.1. The summed E-state index contributed by atoms with van der Waals surface area (Å²) in [4.78, 5) is 22.2. The predicted octanol–water partition coefficient (Wildman–Crippen LogP) is -0.349. The summed E-state index contributed by atoms with van der Waals surface area (Å²) in [7, 11) is 0. The Morgan fingerprint density at radius 2 is 2.25 bits per heavy atom. The first-order valence-corrected chi connectivity index (χ1v) is 5.00. The molecule has 6 heteroatoms. The monoisotopic (exact) mass is 225 g/mol. The number of aromatic nitrogens is 1. The molecule has 0 unspecified atom stereocenters. The Morgan fingerprint density at radius 3 is 2.88 bits per heavy atom. The van der Waals surface area contributed by atoms with Gasteiger partial charge in [-0.3, -0.25) is 9.59 Å². The molecule has 0 aliphatic carbocycles. The van der Waals surface area contributed by atoms with E-state index in [-0.39, 0.29) is 12.5 Å². The maximum absolute atomic E-state index is 11.6. The highest BCUT2D eigenvalue weighted by Gasteiger charge is 2.11. The zero-order chi connectivity index (χ0) is 12.0. The Labute approximate surface area is 93.0 Å². The van der Waals surface area contributed by atoms with E-state index in [4.69, 9.17) is 10.8 Å². The molecule has 0 aliphatic heterocycles. The molecule has 0 fully saturated rings. The van der Waals surface area contributed by atoms with E-state index >= 15 is 0 Å². The van der Waals surface area contributed by atoms with Crippen molar-refractivity contribution in [2.45, 2.75) is 13.0 Å². The molecule has 0 spiro atoms. The van der Waals surface area contributed by atoms with Crippen LogP contribution in [0.1, 0.15) is 16.9 Å². The Balaban J connectivity index is 2.61. The number of carboxylic acids is 1. The Kier molecular flexibility index (Phi) is 4.53. The molecule has 1 aromatic rings. The van der Waals surface area contributed by atoms with Gasteiger partial charge < -0.3 is 20.7 Å². The van der Waals surface area contributed by atoms with Crippen molar-refractivity contribution in [3.8, 4) is 0 Å². The molecule has 0 saturated carbocycles. The second-order valence-electron chi connectivity index (χ2n) is 3.31. The molecule has 0 aromatic carbocycles. The number of nitrogens with zero attached hydrogens (tertiary/aromatic N) is 1. The second kappa shape index (κ2) is 5.92. The molecule has 0 atom stereocenters. The van der Waals surface area contributed by atoms with Crippen LogP contribution >= 0.6 is 0 Å². The third-order valence-electron chi connectivity index (χ3n) is 2.03. The van der Waals surface area contributed by atoms with Crippen LogP contribution in [0, 0.1) is 0 Å². The summed E-state index contributed by atoms with van der Waals surface area (Å²) in [5.74, 6) is -1.26. The van der Waals surface area contributed by atoms with E-state index < -0.39 is 5.97 Å². The van der Waals surface area contributed by atoms with E-state index in [1.807, 2.05) is 0 Å². The minimum Gasteiger partial charge on any atom is -0.480 e. The van der Waals surface area contributed by atoms with Gasteiger partial charge in [0.15, 0.2) is 0 Å². The van der Waals surface area contributed by atoms with E-state index in [1.165, 1.54) is 4.57 Å². The van der Waals surface area contributed by atoms with Crippen molar-refractivity contribution in [2.75, 3.05) is 13.1 Å². The molecule has 1 aromatic heterocycles. The van der Waals surface area contributed by atoms with Gasteiger partial charge >= 0.3 is 5.97 Å². The zero-order valence-electron chi connectivity index (χ0n) is 8.85. The first-order valence-electron chi connectivity index (χ1n) is 5.00. The maximum Gasteiger partial charge on any atom is 0.323 e. The number of rotatable bonds is 6.